The van der Waals surface area contributed by atoms with Crippen molar-refractivity contribution in [1.82, 2.24) is 4.72 Å². The number of thiol groups is 1. The Hall–Kier alpha value is -1.01. The van der Waals surface area contributed by atoms with Gasteiger partial charge in [-0.25, -0.2) is 4.39 Å². The van der Waals surface area contributed by atoms with E-state index in [0.29, 0.717) is 0 Å². The number of hydrogen-bond donors (Lipinski definition) is 2. The average Bonchev–Trinajstić information content (AvgIpc) is 2.42. The van der Waals surface area contributed by atoms with E-state index >= 15 is 0 Å². The third kappa shape index (κ3) is 5.65. The molecule has 6 heteroatoms. The van der Waals surface area contributed by atoms with Gasteiger partial charge < -0.3 is 0 Å². The molecule has 1 aromatic rings. The summed E-state index contributed by atoms with van der Waals surface area (Å²) in [4.78, 5) is 10.2. The molecule has 1 aromatic carbocycles. The molecule has 0 bridgehead atoms. The number of halogens is 3. The van der Waals surface area contributed by atoms with Gasteiger partial charge in [-0.1, -0.05) is 57.7 Å². The molecule has 0 fully saturated rings. The van der Waals surface area contributed by atoms with Crippen molar-refractivity contribution in [3.05, 3.63) is 35.6 Å². The third-order valence-electron chi connectivity index (χ3n) is 2.39. The fourth-order valence-electron chi connectivity index (χ4n) is 1.14. The van der Waals surface area contributed by atoms with E-state index in [0.717, 1.165) is 6.07 Å². The molecule has 0 aliphatic heterocycles. The lowest BCUT2D eigenvalue weighted by Gasteiger charge is -2.21. The van der Waals surface area contributed by atoms with Gasteiger partial charge in [-0.05, 0) is 6.07 Å². The van der Waals surface area contributed by atoms with Crippen LogP contribution in [-0.2, 0) is 4.79 Å². The predicted molar refractivity (Wildman–Crippen MR) is 72.9 cm³/mol. The summed E-state index contributed by atoms with van der Waals surface area (Å²) in [6.07, 6.45) is 2.10. The molecule has 0 saturated carbocycles. The molecule has 0 heterocycles. The van der Waals surface area contributed by atoms with Gasteiger partial charge in [-0.2, -0.15) is 8.78 Å². The van der Waals surface area contributed by atoms with Crippen LogP contribution in [0.15, 0.2) is 24.3 Å². The van der Waals surface area contributed by atoms with Crippen molar-refractivity contribution >= 4 is 19.1 Å². The maximum absolute atomic E-state index is 13.2. The first kappa shape index (κ1) is 18.0. The first-order valence-electron chi connectivity index (χ1n) is 5.92. The van der Waals surface area contributed by atoms with E-state index in [1.54, 1.807) is 0 Å². The number of hydrogen-bond acceptors (Lipinski definition) is 3. The molecule has 1 atom stereocenters. The normalized spacial score (nSPS) is 12.3. The topological polar surface area (TPSA) is 29.1 Å². The fraction of sp³-hybridized carbons (Fsp3) is 0.462. The molecule has 1 rings (SSSR count). The monoisotopic (exact) mass is 293 g/mol. The summed E-state index contributed by atoms with van der Waals surface area (Å²) in [6, 6.07) is 3.19. The van der Waals surface area contributed by atoms with Gasteiger partial charge in [-0.3, -0.25) is 9.52 Å². The van der Waals surface area contributed by atoms with Gasteiger partial charge >= 0.3 is 5.92 Å². The Bertz CT molecular complexity index is 386. The summed E-state index contributed by atoms with van der Waals surface area (Å²) < 4.78 is 41.2. The number of aldehydes is 1. The zero-order chi connectivity index (χ0) is 14.9. The Balaban J connectivity index is 0.000000711. The molecular formula is C13H18F3NOS. The van der Waals surface area contributed by atoms with Crippen molar-refractivity contribution < 1.29 is 18.0 Å². The summed E-state index contributed by atoms with van der Waals surface area (Å²) >= 11 is 3.47. The van der Waals surface area contributed by atoms with E-state index < -0.39 is 24.1 Å². The quantitative estimate of drug-likeness (QED) is 0.636. The van der Waals surface area contributed by atoms with Crippen LogP contribution in [0.3, 0.4) is 0 Å². The van der Waals surface area contributed by atoms with Gasteiger partial charge in [0.2, 0.25) is 0 Å². The predicted octanol–water partition coefficient (Wildman–Crippen LogP) is 3.94. The van der Waals surface area contributed by atoms with E-state index in [-0.39, 0.29) is 5.56 Å². The van der Waals surface area contributed by atoms with Crippen molar-refractivity contribution in [2.45, 2.75) is 38.7 Å². The number of carbonyl (C=O) groups excluding carboxylic acids is 1. The second kappa shape index (κ2) is 8.98. The van der Waals surface area contributed by atoms with Crippen molar-refractivity contribution in [1.29, 1.82) is 0 Å². The largest absolute Gasteiger partial charge is 0.322 e. The molecule has 19 heavy (non-hydrogen) atoms. The number of benzene rings is 1. The number of carbonyl (C=O) groups is 1. The standard InChI is InChI=1S/C9H8F3NOS.C4H10/c10-7-4-2-1-3-6(7)8(13-15)9(11,12)5-14;1-3-4-2/h1-5,8,13,15H;3-4H2,1-2H3. The second-order valence-corrected chi connectivity index (χ2v) is 4.13. The Morgan fingerprint density at radius 3 is 2.21 bits per heavy atom. The minimum atomic E-state index is -3.70. The second-order valence-electron chi connectivity index (χ2n) is 3.88. The number of unbranched alkanes of at least 4 members (excludes halogenated alkanes) is 1. The van der Waals surface area contributed by atoms with Crippen LogP contribution in [0.1, 0.15) is 38.3 Å². The zero-order valence-corrected chi connectivity index (χ0v) is 11.8. The number of alkyl halides is 2. The molecule has 0 amide bonds. The molecule has 1 N–H and O–H groups in total. The minimum Gasteiger partial charge on any atom is -0.297 e. The van der Waals surface area contributed by atoms with Crippen LogP contribution in [0, 0.1) is 5.82 Å². The molecule has 0 spiro atoms. The maximum Gasteiger partial charge on any atom is 0.322 e. The maximum atomic E-state index is 13.2. The Labute approximate surface area is 116 Å². The minimum absolute atomic E-state index is 0.301. The Kier molecular flexibility index (Phi) is 8.51. The van der Waals surface area contributed by atoms with Crippen LogP contribution in [0.5, 0.6) is 0 Å². The SMILES string of the molecule is CCCC.O=CC(F)(F)C(NS)c1ccccc1F. The van der Waals surface area contributed by atoms with E-state index in [1.807, 2.05) is 4.72 Å². The van der Waals surface area contributed by atoms with Crippen LogP contribution >= 0.6 is 12.8 Å². The first-order valence-corrected chi connectivity index (χ1v) is 6.37. The van der Waals surface area contributed by atoms with Crippen molar-refractivity contribution in [3.8, 4) is 0 Å². The molecule has 1 unspecified atom stereocenters. The van der Waals surface area contributed by atoms with Gasteiger partial charge in [0.25, 0.3) is 0 Å². The summed E-state index contributed by atoms with van der Waals surface area (Å²) in [7, 11) is 0. The lowest BCUT2D eigenvalue weighted by Crippen LogP contribution is -2.35. The van der Waals surface area contributed by atoms with Crippen molar-refractivity contribution in [3.63, 3.8) is 0 Å². The first-order chi connectivity index (χ1) is 8.94. The zero-order valence-electron chi connectivity index (χ0n) is 10.9. The van der Waals surface area contributed by atoms with Gasteiger partial charge in [0.1, 0.15) is 11.9 Å². The molecule has 0 radical (unpaired) electrons. The van der Waals surface area contributed by atoms with Crippen LogP contribution in [0.4, 0.5) is 13.2 Å². The number of nitrogens with one attached hydrogen (secondary N) is 1. The van der Waals surface area contributed by atoms with E-state index in [2.05, 4.69) is 26.7 Å². The summed E-state index contributed by atoms with van der Waals surface area (Å²) in [5.41, 5.74) is -0.301. The van der Waals surface area contributed by atoms with E-state index in [1.165, 1.54) is 31.0 Å². The Morgan fingerprint density at radius 2 is 1.84 bits per heavy atom. The van der Waals surface area contributed by atoms with Gasteiger partial charge in [-0.15, -0.1) is 0 Å². The van der Waals surface area contributed by atoms with E-state index in [4.69, 9.17) is 0 Å². The third-order valence-corrected chi connectivity index (χ3v) is 2.65. The molecule has 2 nitrogen and oxygen atoms in total. The lowest BCUT2D eigenvalue weighted by molar-refractivity contribution is -0.132. The van der Waals surface area contributed by atoms with Crippen molar-refractivity contribution in [2.24, 2.45) is 0 Å². The highest BCUT2D eigenvalue weighted by molar-refractivity contribution is 7.78. The van der Waals surface area contributed by atoms with E-state index in [9.17, 15) is 18.0 Å². The lowest BCUT2D eigenvalue weighted by atomic mass is 10.0. The van der Waals surface area contributed by atoms with Crippen molar-refractivity contribution in [2.75, 3.05) is 0 Å². The molecule has 0 aliphatic rings. The van der Waals surface area contributed by atoms with Crippen LogP contribution in [-0.4, -0.2) is 12.2 Å². The summed E-state index contributed by atoms with van der Waals surface area (Å²) in [5.74, 6) is -4.52. The van der Waals surface area contributed by atoms with Crippen LogP contribution < -0.4 is 4.72 Å². The highest BCUT2D eigenvalue weighted by Gasteiger charge is 2.41. The summed E-state index contributed by atoms with van der Waals surface area (Å²) in [5, 5.41) is 0. The molecule has 0 aromatic heterocycles. The summed E-state index contributed by atoms with van der Waals surface area (Å²) in [6.45, 7) is 4.36. The Morgan fingerprint density at radius 1 is 1.32 bits per heavy atom. The smallest absolute Gasteiger partial charge is 0.297 e. The van der Waals surface area contributed by atoms with Crippen LogP contribution in [0.2, 0.25) is 0 Å². The molecular weight excluding hydrogens is 275 g/mol. The van der Waals surface area contributed by atoms with Gasteiger partial charge in [0, 0.05) is 5.56 Å². The fourth-order valence-corrected chi connectivity index (χ4v) is 1.45. The van der Waals surface area contributed by atoms with Crippen LogP contribution in [0.25, 0.3) is 0 Å². The highest BCUT2D eigenvalue weighted by Crippen LogP contribution is 2.31. The highest BCUT2D eigenvalue weighted by atomic mass is 32.1. The average molecular weight is 293 g/mol. The van der Waals surface area contributed by atoms with Gasteiger partial charge in [0.15, 0.2) is 6.29 Å². The molecule has 0 aliphatic carbocycles. The molecule has 0 saturated heterocycles. The number of rotatable bonds is 5. The molecule has 108 valence electrons. The van der Waals surface area contributed by atoms with Gasteiger partial charge in [0.05, 0.1) is 0 Å².